The van der Waals surface area contributed by atoms with Gasteiger partial charge in [-0.25, -0.2) is 0 Å². The summed E-state index contributed by atoms with van der Waals surface area (Å²) in [4.78, 5) is 14.5. The van der Waals surface area contributed by atoms with Gasteiger partial charge in [-0.2, -0.15) is 0 Å². The molecule has 0 saturated heterocycles. The zero-order chi connectivity index (χ0) is 15.3. The van der Waals surface area contributed by atoms with Crippen LogP contribution in [0.4, 0.5) is 11.4 Å². The predicted octanol–water partition coefficient (Wildman–Crippen LogP) is 3.37. The molecule has 1 aromatic rings. The molecule has 1 aromatic carbocycles. The lowest BCUT2D eigenvalue weighted by Crippen LogP contribution is -2.46. The maximum atomic E-state index is 12.3. The van der Waals surface area contributed by atoms with Gasteiger partial charge in [-0.15, -0.1) is 0 Å². The van der Waals surface area contributed by atoms with Gasteiger partial charge < -0.3 is 11.1 Å². The number of likely N-dealkylation sites (N-methyl/N-ethyl adjacent to an activating group) is 1. The number of amides is 1. The summed E-state index contributed by atoms with van der Waals surface area (Å²) in [5.41, 5.74) is 6.93. The monoisotopic (exact) mass is 297 g/mol. The molecule has 0 aliphatic rings. The van der Waals surface area contributed by atoms with Gasteiger partial charge in [-0.05, 0) is 45.0 Å². The van der Waals surface area contributed by atoms with E-state index in [4.69, 9.17) is 17.3 Å². The largest absolute Gasteiger partial charge is 0.397 e. The number of nitrogens with zero attached hydrogens (tertiary/aromatic N) is 1. The zero-order valence-corrected chi connectivity index (χ0v) is 13.4. The topological polar surface area (TPSA) is 58.4 Å². The van der Waals surface area contributed by atoms with Crippen molar-refractivity contribution >= 4 is 28.9 Å². The van der Waals surface area contributed by atoms with Crippen molar-refractivity contribution in [3.63, 3.8) is 0 Å². The number of carbonyl (C=O) groups excluding carboxylic acids is 1. The molecular weight excluding hydrogens is 274 g/mol. The van der Waals surface area contributed by atoms with Gasteiger partial charge in [0.15, 0.2) is 0 Å². The van der Waals surface area contributed by atoms with Crippen LogP contribution < -0.4 is 11.1 Å². The summed E-state index contributed by atoms with van der Waals surface area (Å²) >= 11 is 5.85. The van der Waals surface area contributed by atoms with E-state index in [2.05, 4.69) is 31.0 Å². The molecule has 112 valence electrons. The molecule has 1 amide bonds. The molecule has 0 bridgehead atoms. The molecule has 0 heterocycles. The molecule has 5 heteroatoms. The second-order valence-corrected chi connectivity index (χ2v) is 5.42. The van der Waals surface area contributed by atoms with Gasteiger partial charge in [0.2, 0.25) is 5.91 Å². The highest BCUT2D eigenvalue weighted by Crippen LogP contribution is 2.23. The summed E-state index contributed by atoms with van der Waals surface area (Å²) in [6.45, 7) is 9.06. The van der Waals surface area contributed by atoms with Gasteiger partial charge in [-0.3, -0.25) is 9.69 Å². The number of rotatable bonds is 6. The van der Waals surface area contributed by atoms with Crippen molar-refractivity contribution in [2.24, 2.45) is 0 Å². The van der Waals surface area contributed by atoms with Crippen LogP contribution in [0, 0.1) is 0 Å². The van der Waals surface area contributed by atoms with Crippen LogP contribution in [0.3, 0.4) is 0 Å². The molecule has 0 aliphatic heterocycles. The highest BCUT2D eigenvalue weighted by atomic mass is 35.5. The molecule has 0 saturated carbocycles. The lowest BCUT2D eigenvalue weighted by Gasteiger charge is -2.32. The zero-order valence-electron chi connectivity index (χ0n) is 12.6. The third kappa shape index (κ3) is 4.12. The summed E-state index contributed by atoms with van der Waals surface area (Å²) in [7, 11) is 0. The third-order valence-corrected chi connectivity index (χ3v) is 3.91. The van der Waals surface area contributed by atoms with Crippen LogP contribution >= 0.6 is 11.6 Å². The first-order chi connectivity index (χ1) is 9.40. The van der Waals surface area contributed by atoms with Crippen molar-refractivity contribution in [3.05, 3.63) is 23.2 Å². The fraction of sp³-hybridized carbons (Fsp3) is 0.533. The van der Waals surface area contributed by atoms with E-state index < -0.39 is 0 Å². The van der Waals surface area contributed by atoms with Crippen molar-refractivity contribution < 1.29 is 4.79 Å². The average Bonchev–Trinajstić information content (AvgIpc) is 2.42. The van der Waals surface area contributed by atoms with E-state index in [9.17, 15) is 4.79 Å². The number of hydrogen-bond acceptors (Lipinski definition) is 3. The molecule has 4 nitrogen and oxygen atoms in total. The highest BCUT2D eigenvalue weighted by Gasteiger charge is 2.23. The number of nitrogens with one attached hydrogen (secondary N) is 1. The standard InChI is InChI=1S/C15H24ClN3O/c1-5-10(3)19(6-2)11(4)15(20)18-14-8-7-12(16)9-13(14)17/h7-11H,5-6,17H2,1-4H3,(H,18,20). The number of hydrogen-bond donors (Lipinski definition) is 2. The highest BCUT2D eigenvalue weighted by molar-refractivity contribution is 6.31. The Hall–Kier alpha value is -1.26. The lowest BCUT2D eigenvalue weighted by atomic mass is 10.1. The number of nitrogens with two attached hydrogens (primary N) is 1. The quantitative estimate of drug-likeness (QED) is 0.792. The van der Waals surface area contributed by atoms with E-state index in [1.165, 1.54) is 0 Å². The minimum absolute atomic E-state index is 0.0545. The van der Waals surface area contributed by atoms with E-state index in [1.807, 2.05) is 6.92 Å². The van der Waals surface area contributed by atoms with E-state index in [-0.39, 0.29) is 11.9 Å². The molecule has 0 aliphatic carbocycles. The summed E-state index contributed by atoms with van der Waals surface area (Å²) in [5.74, 6) is -0.0545. The molecule has 3 N–H and O–H groups in total. The van der Waals surface area contributed by atoms with Gasteiger partial charge in [-0.1, -0.05) is 25.4 Å². The van der Waals surface area contributed by atoms with Crippen LogP contribution in [0.25, 0.3) is 0 Å². The van der Waals surface area contributed by atoms with Gasteiger partial charge >= 0.3 is 0 Å². The summed E-state index contributed by atoms with van der Waals surface area (Å²) < 4.78 is 0. The van der Waals surface area contributed by atoms with Gasteiger partial charge in [0.25, 0.3) is 0 Å². The summed E-state index contributed by atoms with van der Waals surface area (Å²) in [6, 6.07) is 5.23. The van der Waals surface area contributed by atoms with E-state index in [0.29, 0.717) is 22.4 Å². The van der Waals surface area contributed by atoms with Crippen molar-refractivity contribution in [1.82, 2.24) is 4.90 Å². The van der Waals surface area contributed by atoms with Crippen molar-refractivity contribution in [2.45, 2.75) is 46.2 Å². The molecule has 0 fully saturated rings. The first-order valence-corrected chi connectivity index (χ1v) is 7.40. The Morgan fingerprint density at radius 3 is 2.55 bits per heavy atom. The Morgan fingerprint density at radius 2 is 2.05 bits per heavy atom. The molecule has 0 spiro atoms. The number of halogens is 1. The molecular formula is C15H24ClN3O. The van der Waals surface area contributed by atoms with Crippen LogP contribution in [-0.4, -0.2) is 29.4 Å². The number of carbonyl (C=O) groups is 1. The lowest BCUT2D eigenvalue weighted by molar-refractivity contribution is -0.121. The minimum Gasteiger partial charge on any atom is -0.397 e. The Bertz CT molecular complexity index is 464. The van der Waals surface area contributed by atoms with Crippen LogP contribution in [-0.2, 0) is 4.79 Å². The fourth-order valence-corrected chi connectivity index (χ4v) is 2.42. The Morgan fingerprint density at radius 1 is 1.40 bits per heavy atom. The van der Waals surface area contributed by atoms with Gasteiger partial charge in [0, 0.05) is 11.1 Å². The number of benzene rings is 1. The molecule has 20 heavy (non-hydrogen) atoms. The fourth-order valence-electron chi connectivity index (χ4n) is 2.24. The second kappa shape index (κ2) is 7.50. The average molecular weight is 298 g/mol. The van der Waals surface area contributed by atoms with Crippen LogP contribution in [0.2, 0.25) is 5.02 Å². The molecule has 1 rings (SSSR count). The van der Waals surface area contributed by atoms with Crippen molar-refractivity contribution in [3.8, 4) is 0 Å². The van der Waals surface area contributed by atoms with Crippen LogP contribution in [0.15, 0.2) is 18.2 Å². The summed E-state index contributed by atoms with van der Waals surface area (Å²) in [5, 5.41) is 3.43. The molecule has 2 unspecified atom stereocenters. The molecule has 0 radical (unpaired) electrons. The second-order valence-electron chi connectivity index (χ2n) is 4.98. The van der Waals surface area contributed by atoms with Gasteiger partial charge in [0.1, 0.15) is 0 Å². The number of nitrogen functional groups attached to an aromatic ring is 1. The van der Waals surface area contributed by atoms with E-state index in [1.54, 1.807) is 18.2 Å². The Labute approximate surface area is 126 Å². The number of anilines is 2. The maximum Gasteiger partial charge on any atom is 0.241 e. The van der Waals surface area contributed by atoms with Crippen LogP contribution in [0.1, 0.15) is 34.1 Å². The summed E-state index contributed by atoms with van der Waals surface area (Å²) in [6.07, 6.45) is 1.01. The molecule has 2 atom stereocenters. The SMILES string of the molecule is CCC(C)N(CC)C(C)C(=O)Nc1ccc(Cl)cc1N. The normalized spacial score (nSPS) is 14.1. The van der Waals surface area contributed by atoms with Crippen molar-refractivity contribution in [2.75, 3.05) is 17.6 Å². The minimum atomic E-state index is -0.204. The van der Waals surface area contributed by atoms with E-state index in [0.717, 1.165) is 13.0 Å². The first kappa shape index (κ1) is 16.8. The van der Waals surface area contributed by atoms with Crippen molar-refractivity contribution in [1.29, 1.82) is 0 Å². The van der Waals surface area contributed by atoms with Gasteiger partial charge in [0.05, 0.1) is 17.4 Å². The maximum absolute atomic E-state index is 12.3. The Kier molecular flexibility index (Phi) is 6.30. The smallest absolute Gasteiger partial charge is 0.241 e. The molecule has 0 aromatic heterocycles. The Balaban J connectivity index is 2.79. The first-order valence-electron chi connectivity index (χ1n) is 7.02. The third-order valence-electron chi connectivity index (χ3n) is 3.67. The van der Waals surface area contributed by atoms with Crippen LogP contribution in [0.5, 0.6) is 0 Å². The predicted molar refractivity (Wildman–Crippen MR) is 86.1 cm³/mol. The van der Waals surface area contributed by atoms with E-state index >= 15 is 0 Å².